The molecular formula is C34H46F3NO4. The van der Waals surface area contributed by atoms with Gasteiger partial charge in [0.25, 0.3) is 0 Å². The zero-order chi connectivity index (χ0) is 30.7. The number of alkyl halides is 3. The van der Waals surface area contributed by atoms with Crippen molar-refractivity contribution in [3.63, 3.8) is 0 Å². The fourth-order valence-electron chi connectivity index (χ4n) is 6.01. The number of benzene rings is 1. The number of fused-ring (bicyclic) bond motifs is 1. The smallest absolute Gasteiger partial charge is 0.388 e. The highest BCUT2D eigenvalue weighted by Crippen LogP contribution is 2.48. The number of aromatic nitrogens is 1. The highest BCUT2D eigenvalue weighted by molar-refractivity contribution is 5.75. The average Bonchev–Trinajstić information content (AvgIpc) is 2.96. The molecule has 1 aromatic heterocycles. The monoisotopic (exact) mass is 589 g/mol. The summed E-state index contributed by atoms with van der Waals surface area (Å²) in [6.07, 6.45) is 0.242. The fourth-order valence-corrected chi connectivity index (χ4v) is 6.01. The zero-order valence-electron chi connectivity index (χ0n) is 25.6. The molecule has 5 nitrogen and oxygen atoms in total. The molecule has 42 heavy (non-hydrogen) atoms. The van der Waals surface area contributed by atoms with Crippen LogP contribution in [0.2, 0.25) is 0 Å². The van der Waals surface area contributed by atoms with Crippen molar-refractivity contribution >= 4 is 5.57 Å². The predicted molar refractivity (Wildman–Crippen MR) is 158 cm³/mol. The predicted octanol–water partition coefficient (Wildman–Crippen LogP) is 7.94. The van der Waals surface area contributed by atoms with E-state index in [1.165, 1.54) is 18.6 Å². The molecule has 2 unspecified atom stereocenters. The number of hydrogen-bond acceptors (Lipinski definition) is 5. The van der Waals surface area contributed by atoms with E-state index in [2.05, 4.69) is 34.6 Å². The third-order valence-corrected chi connectivity index (χ3v) is 8.64. The van der Waals surface area contributed by atoms with Gasteiger partial charge < -0.3 is 19.7 Å². The molecule has 8 heteroatoms. The lowest BCUT2D eigenvalue weighted by atomic mass is 9.71. The number of ether oxygens (including phenoxy) is 2. The first-order chi connectivity index (χ1) is 19.8. The Morgan fingerprint density at radius 1 is 1.05 bits per heavy atom. The summed E-state index contributed by atoms with van der Waals surface area (Å²) in [6, 6.07) is 4.68. The molecule has 3 aliphatic rings. The zero-order valence-corrected chi connectivity index (χ0v) is 25.6. The first-order valence-electron chi connectivity index (χ1n) is 15.3. The van der Waals surface area contributed by atoms with Crippen molar-refractivity contribution in [1.82, 2.24) is 4.98 Å². The van der Waals surface area contributed by atoms with Crippen LogP contribution in [0.1, 0.15) is 124 Å². The van der Waals surface area contributed by atoms with Gasteiger partial charge in [0.1, 0.15) is 6.10 Å². The molecule has 1 fully saturated rings. The number of aliphatic hydroxyl groups is 2. The van der Waals surface area contributed by atoms with Gasteiger partial charge in [-0.15, -0.1) is 0 Å². The number of aliphatic hydroxyl groups excluding tert-OH is 2. The van der Waals surface area contributed by atoms with Gasteiger partial charge in [0.15, 0.2) is 0 Å². The lowest BCUT2D eigenvalue weighted by Crippen LogP contribution is -2.30. The van der Waals surface area contributed by atoms with Gasteiger partial charge in [-0.2, -0.15) is 13.2 Å². The highest BCUT2D eigenvalue weighted by atomic mass is 19.4. The van der Waals surface area contributed by atoms with Gasteiger partial charge in [-0.25, -0.2) is 0 Å². The van der Waals surface area contributed by atoms with E-state index in [4.69, 9.17) is 14.5 Å². The summed E-state index contributed by atoms with van der Waals surface area (Å²) < 4.78 is 50.8. The molecule has 0 spiro atoms. The normalized spacial score (nSPS) is 21.7. The molecule has 232 valence electrons. The van der Waals surface area contributed by atoms with Crippen LogP contribution in [-0.2, 0) is 22.1 Å². The molecule has 2 aromatic rings. The van der Waals surface area contributed by atoms with Crippen molar-refractivity contribution < 1.29 is 32.9 Å². The Kier molecular flexibility index (Phi) is 10.6. The Morgan fingerprint density at radius 2 is 1.69 bits per heavy atom. The minimum Gasteiger partial charge on any atom is -0.388 e. The third kappa shape index (κ3) is 7.62. The molecule has 0 bridgehead atoms. The van der Waals surface area contributed by atoms with Crippen molar-refractivity contribution in [1.29, 1.82) is 0 Å². The maximum Gasteiger partial charge on any atom is 0.416 e. The largest absolute Gasteiger partial charge is 0.416 e. The van der Waals surface area contributed by atoms with Crippen molar-refractivity contribution in [3.8, 4) is 0 Å². The van der Waals surface area contributed by atoms with E-state index in [0.29, 0.717) is 56.8 Å². The van der Waals surface area contributed by atoms with Crippen LogP contribution in [0.15, 0.2) is 30.3 Å². The van der Waals surface area contributed by atoms with E-state index in [1.54, 1.807) is 0 Å². The summed E-state index contributed by atoms with van der Waals surface area (Å²) in [6.45, 7) is 13.0. The van der Waals surface area contributed by atoms with Gasteiger partial charge in [0.05, 0.1) is 30.6 Å². The third-order valence-electron chi connectivity index (χ3n) is 8.64. The Labute approximate surface area is 248 Å². The molecule has 1 saturated heterocycles. The van der Waals surface area contributed by atoms with E-state index in [9.17, 15) is 23.4 Å². The number of nitrogens with zero attached hydrogens (tertiary/aromatic N) is 1. The summed E-state index contributed by atoms with van der Waals surface area (Å²) >= 11 is 0. The molecule has 2 N–H and O–H groups in total. The van der Waals surface area contributed by atoms with Crippen molar-refractivity contribution in [2.24, 2.45) is 11.3 Å². The van der Waals surface area contributed by atoms with E-state index in [0.717, 1.165) is 59.0 Å². The Morgan fingerprint density at radius 3 is 2.24 bits per heavy atom. The average molecular weight is 590 g/mol. The molecule has 0 amide bonds. The van der Waals surface area contributed by atoms with E-state index >= 15 is 0 Å². The first kappa shape index (κ1) is 32.6. The molecule has 0 saturated carbocycles. The van der Waals surface area contributed by atoms with Crippen molar-refractivity contribution in [3.05, 3.63) is 69.5 Å². The molecule has 5 rings (SSSR count). The van der Waals surface area contributed by atoms with Gasteiger partial charge in [0, 0.05) is 36.0 Å². The lowest BCUT2D eigenvalue weighted by molar-refractivity contribution is -0.137. The maximum atomic E-state index is 13.2. The summed E-state index contributed by atoms with van der Waals surface area (Å²) in [5.74, 6) is 0.925. The molecule has 1 aliphatic carbocycles. The summed E-state index contributed by atoms with van der Waals surface area (Å²) in [5, 5.41) is 23.2. The van der Waals surface area contributed by atoms with Gasteiger partial charge in [-0.1, -0.05) is 59.2 Å². The second-order valence-corrected chi connectivity index (χ2v) is 13.0. The molecule has 3 heterocycles. The fraction of sp³-hybridized carbons (Fsp3) is 0.618. The number of halogens is 3. The Balaban J connectivity index is 0.000000748. The quantitative estimate of drug-likeness (QED) is 0.371. The number of hydrogen-bond donors (Lipinski definition) is 2. The number of rotatable bonds is 5. The standard InChI is InChI=1S/C29H34F3NO4.C5H12/c1-28(2)15-21-24(22(34)16-28)23(17-7-11-36-12-8-17)25(26(33-21)18-9-13-37-14-10-18)27(35)19-3-5-20(6-4-19)29(30,31)32;1-4-5(2)3/h3-7,18,22,27,34-35H,8-16H2,1-2H3;5H,4H2,1-3H3. The molecule has 2 aliphatic heterocycles. The molecule has 0 radical (unpaired) electrons. The van der Waals surface area contributed by atoms with Gasteiger partial charge >= 0.3 is 6.18 Å². The lowest BCUT2D eigenvalue weighted by Gasteiger charge is -2.39. The van der Waals surface area contributed by atoms with Gasteiger partial charge in [-0.3, -0.25) is 4.98 Å². The second kappa shape index (κ2) is 13.6. The topological polar surface area (TPSA) is 71.8 Å². The number of pyridine rings is 1. The van der Waals surface area contributed by atoms with Gasteiger partial charge in [0.2, 0.25) is 0 Å². The van der Waals surface area contributed by atoms with Crippen LogP contribution in [0.3, 0.4) is 0 Å². The summed E-state index contributed by atoms with van der Waals surface area (Å²) in [4.78, 5) is 5.13. The maximum absolute atomic E-state index is 13.2. The van der Waals surface area contributed by atoms with Crippen LogP contribution >= 0.6 is 0 Å². The second-order valence-electron chi connectivity index (χ2n) is 13.0. The van der Waals surface area contributed by atoms with Crippen LogP contribution in [0, 0.1) is 11.3 Å². The van der Waals surface area contributed by atoms with E-state index in [1.807, 2.05) is 6.08 Å². The molecule has 1 aromatic carbocycles. The Bertz CT molecular complexity index is 1230. The van der Waals surface area contributed by atoms with E-state index in [-0.39, 0.29) is 11.3 Å². The van der Waals surface area contributed by atoms with Crippen molar-refractivity contribution in [2.45, 2.75) is 97.4 Å². The summed E-state index contributed by atoms with van der Waals surface area (Å²) in [7, 11) is 0. The summed E-state index contributed by atoms with van der Waals surface area (Å²) in [5.41, 5.74) is 4.19. The SMILES string of the molecule is CC1(C)Cc2nc(C3CCOCC3)c(C(O)c3ccc(C(F)(F)F)cc3)c(C3=CCOCC3)c2C(O)C1.CCC(C)C. The Hall–Kier alpha value is -2.26. The van der Waals surface area contributed by atoms with E-state index < -0.39 is 23.9 Å². The van der Waals surface area contributed by atoms with Gasteiger partial charge in [-0.05, 0) is 72.3 Å². The van der Waals surface area contributed by atoms with Crippen LogP contribution in [0.5, 0.6) is 0 Å². The molecule has 2 atom stereocenters. The van der Waals surface area contributed by atoms with Crippen LogP contribution < -0.4 is 0 Å². The van der Waals surface area contributed by atoms with Crippen molar-refractivity contribution in [2.75, 3.05) is 26.4 Å². The van der Waals surface area contributed by atoms with Crippen LogP contribution in [0.25, 0.3) is 5.57 Å². The first-order valence-corrected chi connectivity index (χ1v) is 15.3. The minimum atomic E-state index is -4.46. The highest BCUT2D eigenvalue weighted by Gasteiger charge is 2.39. The van der Waals surface area contributed by atoms with Crippen LogP contribution in [-0.4, -0.2) is 41.6 Å². The molecular weight excluding hydrogens is 543 g/mol. The minimum absolute atomic E-state index is 0.0412. The van der Waals surface area contributed by atoms with Crippen LogP contribution in [0.4, 0.5) is 13.2 Å².